The second-order valence-corrected chi connectivity index (χ2v) is 12.2. The summed E-state index contributed by atoms with van der Waals surface area (Å²) in [6, 6.07) is 16.5. The number of carbonyl (C=O) groups excluding carboxylic acids is 3. The van der Waals surface area contributed by atoms with Gasteiger partial charge in [0.1, 0.15) is 5.82 Å². The molecule has 212 valence electrons. The molecule has 1 unspecified atom stereocenters. The Hall–Kier alpha value is -3.42. The van der Waals surface area contributed by atoms with Gasteiger partial charge in [-0.3, -0.25) is 14.4 Å². The first kappa shape index (κ1) is 27.7. The van der Waals surface area contributed by atoms with Crippen molar-refractivity contribution in [1.29, 1.82) is 0 Å². The van der Waals surface area contributed by atoms with E-state index in [4.69, 9.17) is 23.2 Å². The highest BCUT2D eigenvalue weighted by atomic mass is 35.5. The predicted octanol–water partition coefficient (Wildman–Crippen LogP) is 6.32. The summed E-state index contributed by atoms with van der Waals surface area (Å²) in [6.07, 6.45) is 4.08. The van der Waals surface area contributed by atoms with Crippen LogP contribution in [0.3, 0.4) is 0 Å². The van der Waals surface area contributed by atoms with E-state index < -0.39 is 5.82 Å². The van der Waals surface area contributed by atoms with E-state index in [0.29, 0.717) is 47.9 Å². The summed E-state index contributed by atoms with van der Waals surface area (Å²) in [5, 5.41) is 3.62. The van der Waals surface area contributed by atoms with Crippen LogP contribution in [0.15, 0.2) is 60.7 Å². The highest BCUT2D eigenvalue weighted by molar-refractivity contribution is 6.34. The molecule has 9 heteroatoms. The molecule has 3 aromatic rings. The molecule has 3 aliphatic rings. The van der Waals surface area contributed by atoms with Crippen LogP contribution in [0.25, 0.3) is 0 Å². The molecule has 6 rings (SSSR count). The molecule has 3 amide bonds. The first-order valence-corrected chi connectivity index (χ1v) is 14.7. The zero-order chi connectivity index (χ0) is 28.7. The van der Waals surface area contributed by atoms with Crippen LogP contribution in [-0.2, 0) is 6.42 Å². The Morgan fingerprint density at radius 2 is 1.56 bits per heavy atom. The number of nitrogens with one attached hydrogen (secondary N) is 1. The maximum Gasteiger partial charge on any atom is 0.255 e. The number of fused-ring (bicyclic) bond motifs is 1. The molecule has 2 aliphatic heterocycles. The number of aryl methyl sites for hydroxylation is 1. The summed E-state index contributed by atoms with van der Waals surface area (Å²) in [5.74, 6) is -0.895. The molecule has 1 spiro atoms. The Bertz CT molecular complexity index is 1540. The quantitative estimate of drug-likeness (QED) is 0.385. The van der Waals surface area contributed by atoms with Gasteiger partial charge in [-0.05, 0) is 91.1 Å². The van der Waals surface area contributed by atoms with Gasteiger partial charge in [-0.15, -0.1) is 0 Å². The molecule has 1 atom stereocenters. The van der Waals surface area contributed by atoms with E-state index in [1.165, 1.54) is 12.1 Å². The lowest BCUT2D eigenvalue weighted by molar-refractivity contribution is 0.0565. The Labute approximate surface area is 248 Å². The summed E-state index contributed by atoms with van der Waals surface area (Å²) >= 11 is 12.3. The highest BCUT2D eigenvalue weighted by Crippen LogP contribution is 2.41. The van der Waals surface area contributed by atoms with Gasteiger partial charge < -0.3 is 15.1 Å². The van der Waals surface area contributed by atoms with E-state index in [1.807, 2.05) is 23.1 Å². The molecule has 0 radical (unpaired) electrons. The van der Waals surface area contributed by atoms with E-state index in [1.54, 1.807) is 29.2 Å². The van der Waals surface area contributed by atoms with E-state index in [-0.39, 0.29) is 34.2 Å². The molecule has 0 saturated carbocycles. The molecule has 2 heterocycles. The van der Waals surface area contributed by atoms with Crippen LogP contribution < -0.4 is 5.32 Å². The summed E-state index contributed by atoms with van der Waals surface area (Å²) in [5.41, 5.74) is 3.47. The number of benzene rings is 3. The normalized spacial score (nSPS) is 19.3. The lowest BCUT2D eigenvalue weighted by atomic mass is 9.77. The third kappa shape index (κ3) is 5.45. The lowest BCUT2D eigenvalue weighted by Gasteiger charge is -2.39. The van der Waals surface area contributed by atoms with Crippen molar-refractivity contribution in [3.8, 4) is 0 Å². The van der Waals surface area contributed by atoms with Gasteiger partial charge in [0.15, 0.2) is 0 Å². The van der Waals surface area contributed by atoms with Crippen molar-refractivity contribution in [2.75, 3.05) is 26.2 Å². The summed E-state index contributed by atoms with van der Waals surface area (Å²) < 4.78 is 13.4. The number of piperidine rings is 1. The minimum Gasteiger partial charge on any atom is -0.345 e. The fourth-order valence-corrected chi connectivity index (χ4v) is 6.95. The van der Waals surface area contributed by atoms with Gasteiger partial charge in [0, 0.05) is 31.7 Å². The second kappa shape index (κ2) is 11.1. The number of likely N-dealkylation sites (tertiary alicyclic amines) is 2. The maximum atomic E-state index is 13.6. The van der Waals surface area contributed by atoms with Gasteiger partial charge in [0.05, 0.1) is 27.2 Å². The van der Waals surface area contributed by atoms with Crippen molar-refractivity contribution < 1.29 is 18.8 Å². The molecule has 41 heavy (non-hydrogen) atoms. The maximum absolute atomic E-state index is 13.6. The average Bonchev–Trinajstić information content (AvgIpc) is 3.57. The molecular weight excluding hydrogens is 564 g/mol. The van der Waals surface area contributed by atoms with Crippen LogP contribution >= 0.6 is 23.2 Å². The molecular formula is C32H30Cl2FN3O3. The highest BCUT2D eigenvalue weighted by Gasteiger charge is 2.43. The fraction of sp³-hybridized carbons (Fsp3) is 0.344. The van der Waals surface area contributed by atoms with Crippen molar-refractivity contribution in [3.05, 3.63) is 104 Å². The Kier molecular flexibility index (Phi) is 7.51. The minimum atomic E-state index is -0.472. The second-order valence-electron chi connectivity index (χ2n) is 11.4. The SMILES string of the molecule is O=C(NC1CCc2ccc(C(=O)N3CCC4(CCN(C(=O)c5ccc(F)cc5Cl)CC4)C3)cc21)c1ccccc1Cl. The van der Waals surface area contributed by atoms with Gasteiger partial charge in [-0.1, -0.05) is 41.4 Å². The van der Waals surface area contributed by atoms with E-state index >= 15 is 0 Å². The summed E-state index contributed by atoms with van der Waals surface area (Å²) in [4.78, 5) is 43.2. The predicted molar refractivity (Wildman–Crippen MR) is 156 cm³/mol. The van der Waals surface area contributed by atoms with E-state index in [2.05, 4.69) is 5.32 Å². The van der Waals surface area contributed by atoms with Gasteiger partial charge in [0.2, 0.25) is 0 Å². The van der Waals surface area contributed by atoms with Crippen LogP contribution in [0.1, 0.15) is 73.9 Å². The summed E-state index contributed by atoms with van der Waals surface area (Å²) in [7, 11) is 0. The van der Waals surface area contributed by atoms with Gasteiger partial charge in [0.25, 0.3) is 17.7 Å². The number of carbonyl (C=O) groups is 3. The number of rotatable bonds is 4. The molecule has 1 aliphatic carbocycles. The first-order chi connectivity index (χ1) is 19.7. The molecule has 2 fully saturated rings. The third-order valence-corrected chi connectivity index (χ3v) is 9.54. The van der Waals surface area contributed by atoms with Crippen molar-refractivity contribution in [2.24, 2.45) is 5.41 Å². The smallest absolute Gasteiger partial charge is 0.255 e. The van der Waals surface area contributed by atoms with Crippen molar-refractivity contribution in [3.63, 3.8) is 0 Å². The zero-order valence-corrected chi connectivity index (χ0v) is 24.0. The first-order valence-electron chi connectivity index (χ1n) is 13.9. The number of nitrogens with zero attached hydrogens (tertiary/aromatic N) is 2. The summed E-state index contributed by atoms with van der Waals surface area (Å²) in [6.45, 7) is 2.45. The molecule has 3 aromatic carbocycles. The van der Waals surface area contributed by atoms with Crippen LogP contribution in [0.4, 0.5) is 4.39 Å². The van der Waals surface area contributed by atoms with E-state index in [0.717, 1.165) is 49.3 Å². The zero-order valence-electron chi connectivity index (χ0n) is 22.5. The minimum absolute atomic E-state index is 0.00986. The monoisotopic (exact) mass is 593 g/mol. The molecule has 2 saturated heterocycles. The van der Waals surface area contributed by atoms with Gasteiger partial charge >= 0.3 is 0 Å². The Morgan fingerprint density at radius 3 is 2.29 bits per heavy atom. The van der Waals surface area contributed by atoms with Gasteiger partial charge in [-0.25, -0.2) is 4.39 Å². The number of hydrogen-bond donors (Lipinski definition) is 1. The standard InChI is InChI=1S/C32H30Cl2FN3O3/c33-26-4-2-1-3-23(26)29(39)36-28-10-7-20-5-6-21(17-25(20)28)30(40)38-16-13-32(19-38)11-14-37(15-12-32)31(41)24-9-8-22(35)18-27(24)34/h1-6,8-9,17-18,28H,7,10-16,19H2,(H,36,39). The molecule has 0 bridgehead atoms. The van der Waals surface area contributed by atoms with Gasteiger partial charge in [-0.2, -0.15) is 0 Å². The molecule has 0 aromatic heterocycles. The van der Waals surface area contributed by atoms with Crippen molar-refractivity contribution >= 4 is 40.9 Å². The topological polar surface area (TPSA) is 69.7 Å². The van der Waals surface area contributed by atoms with Crippen LogP contribution in [0, 0.1) is 11.2 Å². The van der Waals surface area contributed by atoms with Crippen LogP contribution in [-0.4, -0.2) is 53.7 Å². The molecule has 6 nitrogen and oxygen atoms in total. The number of halogens is 3. The van der Waals surface area contributed by atoms with Crippen LogP contribution in [0.2, 0.25) is 10.0 Å². The average molecular weight is 595 g/mol. The lowest BCUT2D eigenvalue weighted by Crippen LogP contribution is -2.44. The number of hydrogen-bond acceptors (Lipinski definition) is 3. The fourth-order valence-electron chi connectivity index (χ4n) is 6.48. The van der Waals surface area contributed by atoms with Crippen molar-refractivity contribution in [2.45, 2.75) is 38.1 Å². The molecule has 1 N–H and O–H groups in total. The third-order valence-electron chi connectivity index (χ3n) is 8.89. The van der Waals surface area contributed by atoms with Crippen molar-refractivity contribution in [1.82, 2.24) is 15.1 Å². The Balaban J connectivity index is 1.09. The van der Waals surface area contributed by atoms with E-state index in [9.17, 15) is 18.8 Å². The Morgan fingerprint density at radius 1 is 0.829 bits per heavy atom. The largest absolute Gasteiger partial charge is 0.345 e. The van der Waals surface area contributed by atoms with Crippen LogP contribution in [0.5, 0.6) is 0 Å². The number of amides is 3.